The Kier molecular flexibility index (Phi) is 9.76. The Hall–Kier alpha value is -1.93. The molecule has 0 fully saturated rings. The molecule has 1 atom stereocenters. The smallest absolute Gasteiger partial charge is 0.549 e. The molecule has 0 spiro atoms. The van der Waals surface area contributed by atoms with Crippen molar-refractivity contribution in [2.24, 2.45) is 0 Å². The van der Waals surface area contributed by atoms with Gasteiger partial charge >= 0.3 is 29.6 Å². The quantitative estimate of drug-likeness (QED) is 0.462. The zero-order valence-corrected chi connectivity index (χ0v) is 23.0. The van der Waals surface area contributed by atoms with Crippen LogP contribution in [0.3, 0.4) is 0 Å². The molecule has 0 bridgehead atoms. The van der Waals surface area contributed by atoms with Gasteiger partial charge in [-0.1, -0.05) is 40.9 Å². The molecular formula is C25H19Cl3NNaO5. The summed E-state index contributed by atoms with van der Waals surface area (Å²) in [4.78, 5) is 23.8. The summed E-state index contributed by atoms with van der Waals surface area (Å²) in [5, 5.41) is 15.6. The van der Waals surface area contributed by atoms with E-state index < -0.39 is 11.9 Å². The van der Waals surface area contributed by atoms with E-state index in [0.717, 1.165) is 5.56 Å². The number of amides is 1. The number of carbonyl (C=O) groups excluding carboxylic acids is 2. The van der Waals surface area contributed by atoms with Crippen molar-refractivity contribution in [3.63, 3.8) is 0 Å². The van der Waals surface area contributed by atoms with Gasteiger partial charge in [-0.25, -0.2) is 0 Å². The number of nitrogens with one attached hydrogen (secondary N) is 1. The van der Waals surface area contributed by atoms with Gasteiger partial charge in [0.2, 0.25) is 0 Å². The molecule has 6 nitrogen and oxygen atoms in total. The minimum atomic E-state index is -1.17. The molecule has 176 valence electrons. The van der Waals surface area contributed by atoms with E-state index in [2.05, 4.69) is 5.32 Å². The minimum absolute atomic E-state index is 0. The van der Waals surface area contributed by atoms with Crippen LogP contribution in [-0.2, 0) is 11.2 Å². The normalized spacial score (nSPS) is 14.2. The average Bonchev–Trinajstić information content (AvgIpc) is 2.81. The van der Waals surface area contributed by atoms with Crippen LogP contribution in [0.5, 0.6) is 17.2 Å². The summed E-state index contributed by atoms with van der Waals surface area (Å²) in [6.07, 6.45) is 0.823. The number of hydrogen-bond donors (Lipinski definition) is 1. The number of aliphatic carboxylic acids is 1. The molecule has 0 aromatic heterocycles. The minimum Gasteiger partial charge on any atom is -0.549 e. The maximum absolute atomic E-state index is 12.5. The third-order valence-corrected chi connectivity index (χ3v) is 6.46. The molecule has 1 heterocycles. The number of benzene rings is 3. The zero-order valence-electron chi connectivity index (χ0n) is 18.8. The van der Waals surface area contributed by atoms with Gasteiger partial charge in [-0.05, 0) is 60.9 Å². The summed E-state index contributed by atoms with van der Waals surface area (Å²) in [6.45, 7) is 0.636. The largest absolute Gasteiger partial charge is 1.00 e. The molecule has 1 unspecified atom stereocenters. The molecule has 0 saturated heterocycles. The molecule has 0 saturated carbocycles. The molecule has 3 aromatic rings. The Labute approximate surface area is 239 Å². The fourth-order valence-electron chi connectivity index (χ4n) is 3.69. The summed E-state index contributed by atoms with van der Waals surface area (Å²) in [5.74, 6) is -1.03. The summed E-state index contributed by atoms with van der Waals surface area (Å²) in [7, 11) is 0. The van der Waals surface area contributed by atoms with Crippen molar-refractivity contribution in [1.82, 2.24) is 5.32 Å². The molecule has 3 aromatic carbocycles. The van der Waals surface area contributed by atoms with E-state index in [1.54, 1.807) is 48.5 Å². The summed E-state index contributed by atoms with van der Waals surface area (Å²) < 4.78 is 11.4. The van der Waals surface area contributed by atoms with Crippen LogP contribution in [-0.4, -0.2) is 25.0 Å². The Bertz CT molecular complexity index is 1220. The van der Waals surface area contributed by atoms with Gasteiger partial charge in [-0.15, -0.1) is 0 Å². The monoisotopic (exact) mass is 541 g/mol. The van der Waals surface area contributed by atoms with Crippen molar-refractivity contribution in [3.8, 4) is 17.2 Å². The van der Waals surface area contributed by atoms with Crippen LogP contribution in [0, 0.1) is 0 Å². The Balaban J connectivity index is 0.00000342. The third kappa shape index (κ3) is 6.64. The number of hydrogen-bond acceptors (Lipinski definition) is 5. The van der Waals surface area contributed by atoms with Gasteiger partial charge < -0.3 is 24.7 Å². The second-order valence-corrected chi connectivity index (χ2v) is 8.88. The van der Waals surface area contributed by atoms with Gasteiger partial charge in [0.1, 0.15) is 17.2 Å². The van der Waals surface area contributed by atoms with Gasteiger partial charge in [0.15, 0.2) is 0 Å². The number of rotatable bonds is 7. The molecular weight excluding hydrogens is 524 g/mol. The maximum Gasteiger partial charge on any atom is 1.00 e. The van der Waals surface area contributed by atoms with Gasteiger partial charge in [0.25, 0.3) is 5.91 Å². The predicted octanol–water partition coefficient (Wildman–Crippen LogP) is 2.03. The van der Waals surface area contributed by atoms with Crippen molar-refractivity contribution >= 4 is 46.7 Å². The van der Waals surface area contributed by atoms with E-state index >= 15 is 0 Å². The number of carboxylic acid groups (broad SMARTS) is 1. The first-order valence-electron chi connectivity index (χ1n) is 10.5. The number of fused-ring (bicyclic) bond motifs is 1. The second kappa shape index (κ2) is 12.3. The Morgan fingerprint density at radius 1 is 1.03 bits per heavy atom. The molecule has 0 aliphatic carbocycles. The predicted molar refractivity (Wildman–Crippen MR) is 128 cm³/mol. The van der Waals surface area contributed by atoms with Gasteiger partial charge in [0.05, 0.1) is 11.6 Å². The molecule has 1 amide bonds. The van der Waals surface area contributed by atoms with Crippen molar-refractivity contribution < 1.29 is 53.7 Å². The molecule has 1 N–H and O–H groups in total. The van der Waals surface area contributed by atoms with Crippen molar-refractivity contribution in [3.05, 3.63) is 86.4 Å². The van der Waals surface area contributed by atoms with Gasteiger partial charge in [-0.3, -0.25) is 4.79 Å². The van der Waals surface area contributed by atoms with E-state index in [1.165, 1.54) is 6.07 Å². The summed E-state index contributed by atoms with van der Waals surface area (Å²) >= 11 is 18.6. The number of ether oxygens (including phenoxy) is 2. The SMILES string of the molecule is O=C(NCCc1c(Cl)cccc1Cl)c1ccc(Oc2cc3c(cc2Cl)C(C(=O)[O-])CCO3)cc1.[Na+]. The Morgan fingerprint density at radius 2 is 1.71 bits per heavy atom. The standard InChI is InChI=1S/C25H20Cl3NO5.Na/c26-19-2-1-3-20(27)17(19)8-10-29-24(30)14-4-6-15(7-5-14)34-23-13-22-18(12-21(23)28)16(25(31)32)9-11-33-22;/h1-7,12-13,16H,8-11H2,(H,29,30)(H,31,32);/q;+1/p-1. The number of halogens is 3. The van der Waals surface area contributed by atoms with E-state index in [0.29, 0.717) is 57.8 Å². The van der Waals surface area contributed by atoms with E-state index in [1.807, 2.05) is 0 Å². The van der Waals surface area contributed by atoms with Gasteiger partial charge in [0, 0.05) is 45.7 Å². The Morgan fingerprint density at radius 3 is 2.37 bits per heavy atom. The van der Waals surface area contributed by atoms with Crippen LogP contribution in [0.1, 0.15) is 33.8 Å². The topological polar surface area (TPSA) is 87.7 Å². The fraction of sp³-hybridized carbons (Fsp3) is 0.200. The van der Waals surface area contributed by atoms with Crippen LogP contribution in [0.25, 0.3) is 0 Å². The third-order valence-electron chi connectivity index (χ3n) is 5.45. The van der Waals surface area contributed by atoms with Crippen LogP contribution >= 0.6 is 34.8 Å². The molecule has 4 rings (SSSR count). The second-order valence-electron chi connectivity index (χ2n) is 7.66. The number of carbonyl (C=O) groups is 2. The van der Waals surface area contributed by atoms with E-state index in [4.69, 9.17) is 44.3 Å². The first-order chi connectivity index (χ1) is 16.3. The van der Waals surface area contributed by atoms with Crippen LogP contribution in [0.4, 0.5) is 0 Å². The van der Waals surface area contributed by atoms with E-state index in [9.17, 15) is 14.7 Å². The first kappa shape index (κ1) is 27.7. The average molecular weight is 543 g/mol. The maximum atomic E-state index is 12.5. The van der Waals surface area contributed by atoms with Crippen LogP contribution in [0.15, 0.2) is 54.6 Å². The van der Waals surface area contributed by atoms with Gasteiger partial charge in [-0.2, -0.15) is 0 Å². The molecule has 1 aliphatic rings. The molecule has 35 heavy (non-hydrogen) atoms. The molecule has 10 heteroatoms. The number of carboxylic acids is 1. The first-order valence-corrected chi connectivity index (χ1v) is 11.6. The summed E-state index contributed by atoms with van der Waals surface area (Å²) in [5.41, 5.74) is 1.70. The fourth-order valence-corrected chi connectivity index (χ4v) is 4.49. The van der Waals surface area contributed by atoms with Crippen molar-refractivity contribution in [2.75, 3.05) is 13.2 Å². The van der Waals surface area contributed by atoms with Crippen LogP contribution in [0.2, 0.25) is 15.1 Å². The molecule has 0 radical (unpaired) electrons. The van der Waals surface area contributed by atoms with Crippen molar-refractivity contribution in [2.45, 2.75) is 18.8 Å². The zero-order chi connectivity index (χ0) is 24.2. The molecule has 1 aliphatic heterocycles. The summed E-state index contributed by atoms with van der Waals surface area (Å²) in [6, 6.07) is 14.9. The van der Waals surface area contributed by atoms with Crippen LogP contribution < -0.4 is 49.5 Å². The van der Waals surface area contributed by atoms with Crippen molar-refractivity contribution in [1.29, 1.82) is 0 Å². The van der Waals surface area contributed by atoms with E-state index in [-0.39, 0.29) is 47.1 Å².